The standard InChI is InChI=1S/C18H20N6O2/c25-15(22-9-5-2-6-10-22)12-23-13-19-17-16(18(23)26)20-21-24(17)11-14-7-3-1-4-8-14/h1,3-4,7-8,13H,2,5-6,9-12H2. The van der Waals surface area contributed by atoms with Gasteiger partial charge >= 0.3 is 0 Å². The van der Waals surface area contributed by atoms with Crippen LogP contribution in [0.4, 0.5) is 0 Å². The molecule has 134 valence electrons. The predicted octanol–water partition coefficient (Wildman–Crippen LogP) is 1.05. The van der Waals surface area contributed by atoms with E-state index < -0.39 is 0 Å². The number of hydrogen-bond donors (Lipinski definition) is 0. The van der Waals surface area contributed by atoms with E-state index in [4.69, 9.17) is 0 Å². The first-order chi connectivity index (χ1) is 12.7. The maximum Gasteiger partial charge on any atom is 0.283 e. The lowest BCUT2D eigenvalue weighted by Gasteiger charge is -2.26. The van der Waals surface area contributed by atoms with Crippen LogP contribution in [0.1, 0.15) is 24.8 Å². The van der Waals surface area contributed by atoms with Gasteiger partial charge in [0, 0.05) is 13.1 Å². The Bertz CT molecular complexity index is 972. The van der Waals surface area contributed by atoms with Crippen molar-refractivity contribution in [3.8, 4) is 0 Å². The number of carbonyl (C=O) groups excluding carboxylic acids is 1. The van der Waals surface area contributed by atoms with Crippen LogP contribution in [0.25, 0.3) is 11.2 Å². The molecule has 0 bridgehead atoms. The summed E-state index contributed by atoms with van der Waals surface area (Å²) in [5.41, 5.74) is 1.33. The smallest absolute Gasteiger partial charge is 0.283 e. The first-order valence-electron chi connectivity index (χ1n) is 8.83. The molecule has 3 heterocycles. The Labute approximate surface area is 150 Å². The van der Waals surface area contributed by atoms with Gasteiger partial charge in [0.25, 0.3) is 5.56 Å². The fourth-order valence-corrected chi connectivity index (χ4v) is 3.25. The topological polar surface area (TPSA) is 85.9 Å². The van der Waals surface area contributed by atoms with Crippen molar-refractivity contribution >= 4 is 17.1 Å². The van der Waals surface area contributed by atoms with Gasteiger partial charge < -0.3 is 4.90 Å². The Hall–Kier alpha value is -3.03. The zero-order chi connectivity index (χ0) is 17.9. The van der Waals surface area contributed by atoms with Crippen LogP contribution in [0.2, 0.25) is 0 Å². The lowest BCUT2D eigenvalue weighted by atomic mass is 10.1. The Morgan fingerprint density at radius 1 is 1.08 bits per heavy atom. The third kappa shape index (κ3) is 3.22. The third-order valence-electron chi connectivity index (χ3n) is 4.68. The van der Waals surface area contributed by atoms with E-state index in [0.717, 1.165) is 37.9 Å². The first kappa shape index (κ1) is 16.4. The molecular weight excluding hydrogens is 332 g/mol. The minimum absolute atomic E-state index is 0.00663. The van der Waals surface area contributed by atoms with Gasteiger partial charge in [-0.15, -0.1) is 5.10 Å². The van der Waals surface area contributed by atoms with E-state index in [1.165, 1.54) is 10.9 Å². The molecule has 4 rings (SSSR count). The molecule has 0 atom stereocenters. The normalized spacial score (nSPS) is 14.7. The molecule has 2 aromatic heterocycles. The predicted molar refractivity (Wildman–Crippen MR) is 95.6 cm³/mol. The number of aromatic nitrogens is 5. The summed E-state index contributed by atoms with van der Waals surface area (Å²) in [6.07, 6.45) is 4.61. The number of benzene rings is 1. The molecule has 1 aromatic carbocycles. The second kappa shape index (κ2) is 7.07. The van der Waals surface area contributed by atoms with Crippen LogP contribution < -0.4 is 5.56 Å². The maximum absolute atomic E-state index is 12.6. The Morgan fingerprint density at radius 2 is 1.85 bits per heavy atom. The molecule has 0 aliphatic carbocycles. The van der Waals surface area contributed by atoms with Crippen molar-refractivity contribution in [3.05, 3.63) is 52.6 Å². The fourth-order valence-electron chi connectivity index (χ4n) is 3.25. The number of piperidine rings is 1. The van der Waals surface area contributed by atoms with Gasteiger partial charge in [0.15, 0.2) is 11.2 Å². The van der Waals surface area contributed by atoms with E-state index in [1.807, 2.05) is 35.2 Å². The van der Waals surface area contributed by atoms with Crippen molar-refractivity contribution in [2.75, 3.05) is 13.1 Å². The monoisotopic (exact) mass is 352 g/mol. The molecule has 1 aliphatic rings. The van der Waals surface area contributed by atoms with E-state index >= 15 is 0 Å². The first-order valence-corrected chi connectivity index (χ1v) is 8.83. The van der Waals surface area contributed by atoms with E-state index in [-0.39, 0.29) is 23.5 Å². The largest absolute Gasteiger partial charge is 0.341 e. The third-order valence-corrected chi connectivity index (χ3v) is 4.68. The summed E-state index contributed by atoms with van der Waals surface area (Å²) in [6.45, 7) is 2.00. The maximum atomic E-state index is 12.6. The highest BCUT2D eigenvalue weighted by Crippen LogP contribution is 2.10. The minimum Gasteiger partial charge on any atom is -0.341 e. The second-order valence-electron chi connectivity index (χ2n) is 6.52. The molecule has 0 unspecified atom stereocenters. The lowest BCUT2D eigenvalue weighted by Crippen LogP contribution is -2.39. The summed E-state index contributed by atoms with van der Waals surface area (Å²) >= 11 is 0. The van der Waals surface area contributed by atoms with Gasteiger partial charge in [-0.25, -0.2) is 9.67 Å². The number of rotatable bonds is 4. The number of nitrogens with zero attached hydrogens (tertiary/aromatic N) is 6. The summed E-state index contributed by atoms with van der Waals surface area (Å²) in [5, 5.41) is 8.04. The minimum atomic E-state index is -0.334. The van der Waals surface area contributed by atoms with Crippen LogP contribution in [0, 0.1) is 0 Å². The SMILES string of the molecule is O=C(Cn1cnc2c(nnn2Cc2ccccc2)c1=O)N1CCCCC1. The van der Waals surface area contributed by atoms with Crippen LogP contribution in [0.15, 0.2) is 41.5 Å². The Morgan fingerprint density at radius 3 is 2.62 bits per heavy atom. The molecule has 1 amide bonds. The van der Waals surface area contributed by atoms with Crippen LogP contribution in [0.3, 0.4) is 0 Å². The van der Waals surface area contributed by atoms with Gasteiger partial charge in [-0.05, 0) is 24.8 Å². The Kier molecular flexibility index (Phi) is 4.47. The fraction of sp³-hybridized carbons (Fsp3) is 0.389. The molecule has 3 aromatic rings. The zero-order valence-electron chi connectivity index (χ0n) is 14.4. The van der Waals surface area contributed by atoms with Crippen LogP contribution in [-0.2, 0) is 17.9 Å². The highest BCUT2D eigenvalue weighted by Gasteiger charge is 2.19. The second-order valence-corrected chi connectivity index (χ2v) is 6.52. The molecule has 0 radical (unpaired) electrons. The number of likely N-dealkylation sites (tertiary alicyclic amines) is 1. The van der Waals surface area contributed by atoms with Crippen molar-refractivity contribution in [1.29, 1.82) is 0 Å². The van der Waals surface area contributed by atoms with Crippen molar-refractivity contribution in [2.24, 2.45) is 0 Å². The number of carbonyl (C=O) groups is 1. The molecule has 1 fully saturated rings. The summed E-state index contributed by atoms with van der Waals surface area (Å²) in [7, 11) is 0. The Balaban J connectivity index is 1.57. The van der Waals surface area contributed by atoms with Gasteiger partial charge in [0.2, 0.25) is 5.91 Å². The molecule has 1 aliphatic heterocycles. The molecule has 8 heteroatoms. The van der Waals surface area contributed by atoms with E-state index in [9.17, 15) is 9.59 Å². The average molecular weight is 352 g/mol. The number of fused-ring (bicyclic) bond motifs is 1. The summed E-state index contributed by atoms with van der Waals surface area (Å²) < 4.78 is 2.92. The van der Waals surface area contributed by atoms with Crippen molar-refractivity contribution in [3.63, 3.8) is 0 Å². The number of amides is 1. The summed E-state index contributed by atoms with van der Waals surface area (Å²) in [6, 6.07) is 9.79. The summed E-state index contributed by atoms with van der Waals surface area (Å²) in [5.74, 6) is -0.0513. The molecule has 26 heavy (non-hydrogen) atoms. The molecule has 0 N–H and O–H groups in total. The van der Waals surface area contributed by atoms with Gasteiger partial charge in [0.05, 0.1) is 6.54 Å². The van der Waals surface area contributed by atoms with Crippen LogP contribution in [0.5, 0.6) is 0 Å². The van der Waals surface area contributed by atoms with Crippen LogP contribution in [-0.4, -0.2) is 48.4 Å². The van der Waals surface area contributed by atoms with Gasteiger partial charge in [-0.1, -0.05) is 35.5 Å². The van der Waals surface area contributed by atoms with E-state index in [2.05, 4.69) is 15.3 Å². The van der Waals surface area contributed by atoms with Crippen LogP contribution >= 0.6 is 0 Å². The molecule has 8 nitrogen and oxygen atoms in total. The molecule has 0 spiro atoms. The molecule has 1 saturated heterocycles. The number of hydrogen-bond acceptors (Lipinski definition) is 5. The van der Waals surface area contributed by atoms with E-state index in [0.29, 0.717) is 12.2 Å². The average Bonchev–Trinajstić information content (AvgIpc) is 3.09. The highest BCUT2D eigenvalue weighted by molar-refractivity contribution is 5.76. The summed E-state index contributed by atoms with van der Waals surface area (Å²) in [4.78, 5) is 31.2. The van der Waals surface area contributed by atoms with Crippen molar-refractivity contribution in [1.82, 2.24) is 29.4 Å². The van der Waals surface area contributed by atoms with Crippen molar-refractivity contribution in [2.45, 2.75) is 32.4 Å². The van der Waals surface area contributed by atoms with Crippen molar-refractivity contribution < 1.29 is 4.79 Å². The molecule has 0 saturated carbocycles. The van der Waals surface area contributed by atoms with E-state index in [1.54, 1.807) is 4.68 Å². The zero-order valence-corrected chi connectivity index (χ0v) is 14.4. The van der Waals surface area contributed by atoms with Gasteiger partial charge in [-0.2, -0.15) is 0 Å². The van der Waals surface area contributed by atoms with Gasteiger partial charge in [0.1, 0.15) is 12.9 Å². The van der Waals surface area contributed by atoms with Gasteiger partial charge in [-0.3, -0.25) is 14.2 Å². The molecular formula is C18H20N6O2. The lowest BCUT2D eigenvalue weighted by molar-refractivity contribution is -0.132. The highest BCUT2D eigenvalue weighted by atomic mass is 16.2. The quantitative estimate of drug-likeness (QED) is 0.700.